The van der Waals surface area contributed by atoms with Crippen molar-refractivity contribution in [2.45, 2.75) is 44.2 Å². The molecule has 6 nitrogen and oxygen atoms in total. The maximum Gasteiger partial charge on any atom is 0.315 e. The average molecular weight is 266 g/mol. The molecule has 0 spiro atoms. The average Bonchev–Trinajstić information content (AvgIpc) is 2.97. The zero-order chi connectivity index (χ0) is 13.7. The fraction of sp³-hybridized carbons (Fsp3) is 0.538. The van der Waals surface area contributed by atoms with E-state index in [0.717, 1.165) is 12.8 Å². The second kappa shape index (κ2) is 5.77. The van der Waals surface area contributed by atoms with E-state index in [9.17, 15) is 9.59 Å². The van der Waals surface area contributed by atoms with Crippen LogP contribution in [0.15, 0.2) is 22.8 Å². The number of urea groups is 1. The van der Waals surface area contributed by atoms with Crippen molar-refractivity contribution < 1.29 is 19.1 Å². The standard InChI is InChI=1S/C13H18N2O4/c16-11(17)8-13(5-1-2-6-13)15-12(18)14-9-10-4-3-7-19-10/h3-4,7H,1-2,5-6,8-9H2,(H,16,17)(H2,14,15,18). The van der Waals surface area contributed by atoms with E-state index < -0.39 is 11.5 Å². The molecule has 0 bridgehead atoms. The normalized spacial score (nSPS) is 17.1. The van der Waals surface area contributed by atoms with Gasteiger partial charge < -0.3 is 20.2 Å². The van der Waals surface area contributed by atoms with Crippen LogP contribution in [0.1, 0.15) is 37.9 Å². The Kier molecular flexibility index (Phi) is 4.09. The van der Waals surface area contributed by atoms with E-state index in [1.807, 2.05) is 0 Å². The molecule has 1 aromatic rings. The van der Waals surface area contributed by atoms with E-state index in [0.29, 0.717) is 25.1 Å². The Morgan fingerprint density at radius 2 is 2.11 bits per heavy atom. The van der Waals surface area contributed by atoms with Crippen molar-refractivity contribution in [1.29, 1.82) is 0 Å². The number of hydrogen-bond acceptors (Lipinski definition) is 3. The first-order valence-corrected chi connectivity index (χ1v) is 6.40. The Hall–Kier alpha value is -1.98. The lowest BCUT2D eigenvalue weighted by Gasteiger charge is -2.28. The quantitative estimate of drug-likeness (QED) is 0.758. The minimum atomic E-state index is -0.881. The molecule has 0 atom stereocenters. The molecule has 0 radical (unpaired) electrons. The first-order chi connectivity index (χ1) is 9.10. The van der Waals surface area contributed by atoms with Gasteiger partial charge in [0, 0.05) is 0 Å². The molecule has 0 aromatic carbocycles. The van der Waals surface area contributed by atoms with Crippen molar-refractivity contribution in [1.82, 2.24) is 10.6 Å². The number of nitrogens with one attached hydrogen (secondary N) is 2. The highest BCUT2D eigenvalue weighted by Gasteiger charge is 2.37. The SMILES string of the molecule is O=C(O)CC1(NC(=O)NCc2ccco2)CCCC1. The molecule has 1 aromatic heterocycles. The fourth-order valence-corrected chi connectivity index (χ4v) is 2.55. The first-order valence-electron chi connectivity index (χ1n) is 6.40. The molecule has 0 saturated heterocycles. The van der Waals surface area contributed by atoms with Crippen molar-refractivity contribution in [2.24, 2.45) is 0 Å². The summed E-state index contributed by atoms with van der Waals surface area (Å²) in [6, 6.07) is 3.17. The largest absolute Gasteiger partial charge is 0.481 e. The molecule has 6 heteroatoms. The third kappa shape index (κ3) is 3.74. The molecular weight excluding hydrogens is 248 g/mol. The van der Waals surface area contributed by atoms with Crippen molar-refractivity contribution in [2.75, 3.05) is 0 Å². The Labute approximate surface area is 111 Å². The third-order valence-electron chi connectivity index (χ3n) is 3.43. The van der Waals surface area contributed by atoms with Crippen LogP contribution in [0.5, 0.6) is 0 Å². The van der Waals surface area contributed by atoms with E-state index in [1.165, 1.54) is 6.26 Å². The molecule has 2 rings (SSSR count). The van der Waals surface area contributed by atoms with Gasteiger partial charge in [-0.25, -0.2) is 4.79 Å². The smallest absolute Gasteiger partial charge is 0.315 e. The van der Waals surface area contributed by atoms with Gasteiger partial charge in [0.25, 0.3) is 0 Å². The molecule has 2 amide bonds. The summed E-state index contributed by atoms with van der Waals surface area (Å²) in [6.07, 6.45) is 4.84. The van der Waals surface area contributed by atoms with E-state index in [2.05, 4.69) is 10.6 Å². The van der Waals surface area contributed by atoms with Gasteiger partial charge in [0.1, 0.15) is 5.76 Å². The van der Waals surface area contributed by atoms with Crippen LogP contribution in [0.2, 0.25) is 0 Å². The first kappa shape index (κ1) is 13.5. The lowest BCUT2D eigenvalue weighted by molar-refractivity contribution is -0.138. The Morgan fingerprint density at radius 1 is 1.37 bits per heavy atom. The van der Waals surface area contributed by atoms with Gasteiger partial charge in [0.05, 0.1) is 24.8 Å². The summed E-state index contributed by atoms with van der Waals surface area (Å²) >= 11 is 0. The van der Waals surface area contributed by atoms with Gasteiger partial charge in [0.2, 0.25) is 0 Å². The number of carboxylic acids is 1. The van der Waals surface area contributed by atoms with Crippen LogP contribution in [0.3, 0.4) is 0 Å². The van der Waals surface area contributed by atoms with Gasteiger partial charge >= 0.3 is 12.0 Å². The number of hydrogen-bond donors (Lipinski definition) is 3. The van der Waals surface area contributed by atoms with Gasteiger partial charge in [0.15, 0.2) is 0 Å². The van der Waals surface area contributed by atoms with Crippen LogP contribution in [-0.2, 0) is 11.3 Å². The van der Waals surface area contributed by atoms with Crippen LogP contribution in [-0.4, -0.2) is 22.6 Å². The predicted octanol–water partition coefficient (Wildman–Crippen LogP) is 1.87. The summed E-state index contributed by atoms with van der Waals surface area (Å²) in [5.74, 6) is -0.220. The molecular formula is C13H18N2O4. The lowest BCUT2D eigenvalue weighted by atomic mass is 9.93. The molecule has 1 heterocycles. The molecule has 104 valence electrons. The number of aliphatic carboxylic acids is 1. The number of carbonyl (C=O) groups excluding carboxylic acids is 1. The molecule has 19 heavy (non-hydrogen) atoms. The molecule has 1 aliphatic rings. The van der Waals surface area contributed by atoms with E-state index in [-0.39, 0.29) is 12.5 Å². The van der Waals surface area contributed by atoms with Crippen LogP contribution < -0.4 is 10.6 Å². The van der Waals surface area contributed by atoms with Crippen molar-refractivity contribution in [3.05, 3.63) is 24.2 Å². The molecule has 0 unspecified atom stereocenters. The fourth-order valence-electron chi connectivity index (χ4n) is 2.55. The van der Waals surface area contributed by atoms with Gasteiger partial charge in [-0.3, -0.25) is 4.79 Å². The zero-order valence-corrected chi connectivity index (χ0v) is 10.6. The molecule has 1 saturated carbocycles. The van der Waals surface area contributed by atoms with Crippen molar-refractivity contribution in [3.8, 4) is 0 Å². The highest BCUT2D eigenvalue weighted by molar-refractivity contribution is 5.76. The summed E-state index contributed by atoms with van der Waals surface area (Å²) in [5.41, 5.74) is -0.598. The van der Waals surface area contributed by atoms with E-state index >= 15 is 0 Å². The summed E-state index contributed by atoms with van der Waals surface area (Å²) in [6.45, 7) is 0.294. The van der Waals surface area contributed by atoms with Gasteiger partial charge in [-0.1, -0.05) is 12.8 Å². The second-order valence-electron chi connectivity index (χ2n) is 4.94. The zero-order valence-electron chi connectivity index (χ0n) is 10.6. The molecule has 1 aliphatic carbocycles. The topological polar surface area (TPSA) is 91.6 Å². The highest BCUT2D eigenvalue weighted by Crippen LogP contribution is 2.32. The van der Waals surface area contributed by atoms with Gasteiger partial charge in [-0.05, 0) is 25.0 Å². The van der Waals surface area contributed by atoms with Crippen LogP contribution in [0, 0.1) is 0 Å². The lowest BCUT2D eigenvalue weighted by Crippen LogP contribution is -2.51. The van der Waals surface area contributed by atoms with Crippen LogP contribution >= 0.6 is 0 Å². The summed E-state index contributed by atoms with van der Waals surface area (Å²) in [5, 5.41) is 14.4. The maximum absolute atomic E-state index is 11.8. The van der Waals surface area contributed by atoms with Crippen molar-refractivity contribution in [3.63, 3.8) is 0 Å². The number of carboxylic acid groups (broad SMARTS) is 1. The third-order valence-corrected chi connectivity index (χ3v) is 3.43. The maximum atomic E-state index is 11.8. The molecule has 3 N–H and O–H groups in total. The number of rotatable bonds is 5. The minimum Gasteiger partial charge on any atom is -0.481 e. The van der Waals surface area contributed by atoms with Crippen LogP contribution in [0.4, 0.5) is 4.79 Å². The number of furan rings is 1. The molecule has 1 fully saturated rings. The predicted molar refractivity (Wildman–Crippen MR) is 67.5 cm³/mol. The monoisotopic (exact) mass is 266 g/mol. The highest BCUT2D eigenvalue weighted by atomic mass is 16.4. The number of amides is 2. The van der Waals surface area contributed by atoms with Gasteiger partial charge in [-0.2, -0.15) is 0 Å². The number of carbonyl (C=O) groups is 2. The Morgan fingerprint density at radius 3 is 2.68 bits per heavy atom. The van der Waals surface area contributed by atoms with Crippen LogP contribution in [0.25, 0.3) is 0 Å². The Balaban J connectivity index is 1.86. The van der Waals surface area contributed by atoms with E-state index in [1.54, 1.807) is 12.1 Å². The summed E-state index contributed by atoms with van der Waals surface area (Å²) < 4.78 is 5.11. The second-order valence-corrected chi connectivity index (χ2v) is 4.94. The van der Waals surface area contributed by atoms with Crippen molar-refractivity contribution >= 4 is 12.0 Å². The minimum absolute atomic E-state index is 0.0266. The Bertz CT molecular complexity index is 436. The van der Waals surface area contributed by atoms with Gasteiger partial charge in [-0.15, -0.1) is 0 Å². The molecule has 0 aliphatic heterocycles. The summed E-state index contributed by atoms with van der Waals surface area (Å²) in [4.78, 5) is 22.7. The van der Waals surface area contributed by atoms with E-state index in [4.69, 9.17) is 9.52 Å². The summed E-state index contributed by atoms with van der Waals surface area (Å²) in [7, 11) is 0.